The van der Waals surface area contributed by atoms with Gasteiger partial charge < -0.3 is 9.47 Å². The van der Waals surface area contributed by atoms with Gasteiger partial charge in [0.1, 0.15) is 0 Å². The molecule has 0 aliphatic heterocycles. The highest BCUT2D eigenvalue weighted by atomic mass is 32.2. The van der Waals surface area contributed by atoms with Crippen molar-refractivity contribution in [3.8, 4) is 11.5 Å². The molecule has 128 valence electrons. The van der Waals surface area contributed by atoms with Crippen LogP contribution in [0.1, 0.15) is 5.56 Å². The molecule has 1 N–H and O–H groups in total. The van der Waals surface area contributed by atoms with E-state index in [0.29, 0.717) is 22.7 Å². The van der Waals surface area contributed by atoms with E-state index in [2.05, 4.69) is 4.72 Å². The molecule has 0 saturated heterocycles. The standard InChI is InChI=1S/C15H16N2O6S/c1-10-8-14(22-2)15(23-3)9-13(10)16-24(20,21)12-6-4-11(5-7-12)17(18)19/h4-9,16H,1-3H3. The van der Waals surface area contributed by atoms with Gasteiger partial charge in [0.05, 0.1) is 29.7 Å². The summed E-state index contributed by atoms with van der Waals surface area (Å²) in [5.74, 6) is 0.859. The van der Waals surface area contributed by atoms with Gasteiger partial charge in [-0.25, -0.2) is 8.42 Å². The van der Waals surface area contributed by atoms with Gasteiger partial charge >= 0.3 is 0 Å². The highest BCUT2D eigenvalue weighted by Crippen LogP contribution is 2.34. The summed E-state index contributed by atoms with van der Waals surface area (Å²) in [6, 6.07) is 7.78. The van der Waals surface area contributed by atoms with Crippen molar-refractivity contribution in [2.45, 2.75) is 11.8 Å². The van der Waals surface area contributed by atoms with Gasteiger partial charge in [-0.1, -0.05) is 0 Å². The number of sulfonamides is 1. The maximum atomic E-state index is 12.4. The fraction of sp³-hybridized carbons (Fsp3) is 0.200. The highest BCUT2D eigenvalue weighted by Gasteiger charge is 2.18. The van der Waals surface area contributed by atoms with Crippen LogP contribution >= 0.6 is 0 Å². The molecule has 2 aromatic rings. The first-order chi connectivity index (χ1) is 11.3. The monoisotopic (exact) mass is 352 g/mol. The number of ether oxygens (including phenoxy) is 2. The van der Waals surface area contributed by atoms with Crippen molar-refractivity contribution >= 4 is 21.4 Å². The van der Waals surface area contributed by atoms with E-state index in [-0.39, 0.29) is 10.6 Å². The van der Waals surface area contributed by atoms with Gasteiger partial charge in [-0.15, -0.1) is 0 Å². The number of aryl methyl sites for hydroxylation is 1. The second-order valence-electron chi connectivity index (χ2n) is 4.88. The third kappa shape index (κ3) is 3.57. The SMILES string of the molecule is COc1cc(C)c(NS(=O)(=O)c2ccc([N+](=O)[O-])cc2)cc1OC. The number of benzene rings is 2. The summed E-state index contributed by atoms with van der Waals surface area (Å²) in [7, 11) is -0.961. The third-order valence-corrected chi connectivity index (χ3v) is 4.71. The molecule has 24 heavy (non-hydrogen) atoms. The summed E-state index contributed by atoms with van der Waals surface area (Å²) >= 11 is 0. The summed E-state index contributed by atoms with van der Waals surface area (Å²) in [5.41, 5.74) is 0.778. The van der Waals surface area contributed by atoms with E-state index in [1.54, 1.807) is 13.0 Å². The van der Waals surface area contributed by atoms with Crippen LogP contribution in [0.3, 0.4) is 0 Å². The van der Waals surface area contributed by atoms with Gasteiger partial charge in [0.15, 0.2) is 11.5 Å². The summed E-state index contributed by atoms with van der Waals surface area (Å²) in [6.07, 6.45) is 0. The van der Waals surface area contributed by atoms with Crippen LogP contribution in [0.4, 0.5) is 11.4 Å². The molecule has 0 unspecified atom stereocenters. The predicted molar refractivity (Wildman–Crippen MR) is 88.2 cm³/mol. The second kappa shape index (κ2) is 6.75. The van der Waals surface area contributed by atoms with Crippen LogP contribution in [0.2, 0.25) is 0 Å². The van der Waals surface area contributed by atoms with Crippen molar-refractivity contribution in [1.82, 2.24) is 0 Å². The third-order valence-electron chi connectivity index (χ3n) is 3.33. The average Bonchev–Trinajstić information content (AvgIpc) is 2.56. The van der Waals surface area contributed by atoms with Gasteiger partial charge in [-0.3, -0.25) is 14.8 Å². The topological polar surface area (TPSA) is 108 Å². The molecule has 9 heteroatoms. The lowest BCUT2D eigenvalue weighted by Crippen LogP contribution is -2.14. The number of anilines is 1. The van der Waals surface area contributed by atoms with Crippen molar-refractivity contribution in [1.29, 1.82) is 0 Å². The molecule has 0 bridgehead atoms. The zero-order chi connectivity index (χ0) is 17.9. The Kier molecular flexibility index (Phi) is 4.93. The molecule has 0 radical (unpaired) electrons. The van der Waals surface area contributed by atoms with E-state index in [0.717, 1.165) is 12.1 Å². The molecule has 0 aliphatic carbocycles. The van der Waals surface area contributed by atoms with Crippen molar-refractivity contribution in [2.75, 3.05) is 18.9 Å². The molecule has 0 heterocycles. The molecular formula is C15H16N2O6S. The Bertz CT molecular complexity index is 862. The van der Waals surface area contributed by atoms with E-state index in [4.69, 9.17) is 9.47 Å². The zero-order valence-corrected chi connectivity index (χ0v) is 14.1. The number of non-ortho nitro benzene ring substituents is 1. The van der Waals surface area contributed by atoms with Crippen LogP contribution in [-0.2, 0) is 10.0 Å². The van der Waals surface area contributed by atoms with E-state index in [1.165, 1.54) is 32.4 Å². The Morgan fingerprint density at radius 2 is 1.58 bits per heavy atom. The molecule has 2 rings (SSSR count). The molecule has 0 aliphatic rings. The second-order valence-corrected chi connectivity index (χ2v) is 6.56. The van der Waals surface area contributed by atoms with Crippen LogP contribution in [0.5, 0.6) is 11.5 Å². The summed E-state index contributed by atoms with van der Waals surface area (Å²) in [4.78, 5) is 9.97. The van der Waals surface area contributed by atoms with Crippen LogP contribution in [-0.4, -0.2) is 27.6 Å². The number of rotatable bonds is 6. The smallest absolute Gasteiger partial charge is 0.269 e. The Labute approximate surface area is 139 Å². The molecule has 0 amide bonds. The lowest BCUT2D eigenvalue weighted by atomic mass is 10.2. The highest BCUT2D eigenvalue weighted by molar-refractivity contribution is 7.92. The Morgan fingerprint density at radius 1 is 1.04 bits per heavy atom. The molecule has 8 nitrogen and oxygen atoms in total. The quantitative estimate of drug-likeness (QED) is 0.632. The first-order valence-corrected chi connectivity index (χ1v) is 8.26. The summed E-state index contributed by atoms with van der Waals surface area (Å²) < 4.78 is 37.6. The van der Waals surface area contributed by atoms with Gasteiger partial charge in [-0.2, -0.15) is 0 Å². The van der Waals surface area contributed by atoms with Crippen molar-refractivity contribution in [2.24, 2.45) is 0 Å². The summed E-state index contributed by atoms with van der Waals surface area (Å²) in [6.45, 7) is 1.72. The lowest BCUT2D eigenvalue weighted by Gasteiger charge is -2.14. The number of methoxy groups -OCH3 is 2. The van der Waals surface area contributed by atoms with E-state index >= 15 is 0 Å². The minimum Gasteiger partial charge on any atom is -0.493 e. The molecular weight excluding hydrogens is 336 g/mol. The molecule has 0 aromatic heterocycles. The van der Waals surface area contributed by atoms with Crippen molar-refractivity contribution < 1.29 is 22.8 Å². The number of nitro benzene ring substituents is 1. The van der Waals surface area contributed by atoms with Crippen molar-refractivity contribution in [3.05, 3.63) is 52.1 Å². The average molecular weight is 352 g/mol. The number of hydrogen-bond acceptors (Lipinski definition) is 6. The fourth-order valence-corrected chi connectivity index (χ4v) is 3.16. The largest absolute Gasteiger partial charge is 0.493 e. The maximum absolute atomic E-state index is 12.4. The van der Waals surface area contributed by atoms with Crippen molar-refractivity contribution in [3.63, 3.8) is 0 Å². The van der Waals surface area contributed by atoms with E-state index in [1.807, 2.05) is 0 Å². The van der Waals surface area contributed by atoms with Gasteiger partial charge in [0.2, 0.25) is 0 Å². The molecule has 2 aromatic carbocycles. The lowest BCUT2D eigenvalue weighted by molar-refractivity contribution is -0.384. The minimum absolute atomic E-state index is 0.0812. The number of nitrogens with zero attached hydrogens (tertiary/aromatic N) is 1. The number of hydrogen-bond donors (Lipinski definition) is 1. The zero-order valence-electron chi connectivity index (χ0n) is 13.3. The van der Waals surface area contributed by atoms with E-state index in [9.17, 15) is 18.5 Å². The van der Waals surface area contributed by atoms with Crippen LogP contribution < -0.4 is 14.2 Å². The van der Waals surface area contributed by atoms with Gasteiger partial charge in [0, 0.05) is 18.2 Å². The molecule has 0 fully saturated rings. The first-order valence-electron chi connectivity index (χ1n) is 6.78. The molecule has 0 spiro atoms. The van der Waals surface area contributed by atoms with E-state index < -0.39 is 14.9 Å². The summed E-state index contributed by atoms with van der Waals surface area (Å²) in [5, 5.41) is 10.6. The predicted octanol–water partition coefficient (Wildman–Crippen LogP) is 2.72. The van der Waals surface area contributed by atoms with Crippen LogP contribution in [0, 0.1) is 17.0 Å². The molecule has 0 atom stereocenters. The Hall–Kier alpha value is -2.81. The Morgan fingerprint density at radius 3 is 2.08 bits per heavy atom. The number of nitro groups is 1. The maximum Gasteiger partial charge on any atom is 0.269 e. The Balaban J connectivity index is 2.37. The van der Waals surface area contributed by atoms with Crippen LogP contribution in [0.15, 0.2) is 41.3 Å². The molecule has 0 saturated carbocycles. The first kappa shape index (κ1) is 17.5. The number of nitrogens with one attached hydrogen (secondary N) is 1. The minimum atomic E-state index is -3.89. The normalized spacial score (nSPS) is 11.0. The van der Waals surface area contributed by atoms with Gasteiger partial charge in [0.25, 0.3) is 15.7 Å². The van der Waals surface area contributed by atoms with Gasteiger partial charge in [-0.05, 0) is 30.7 Å². The fourth-order valence-electron chi connectivity index (χ4n) is 2.04. The van der Waals surface area contributed by atoms with Crippen LogP contribution in [0.25, 0.3) is 0 Å².